The summed E-state index contributed by atoms with van der Waals surface area (Å²) in [7, 11) is -3.90. The summed E-state index contributed by atoms with van der Waals surface area (Å²) in [6, 6.07) is 9.56. The van der Waals surface area contributed by atoms with Gasteiger partial charge in [-0.3, -0.25) is 4.79 Å². The number of halogens is 1. The summed E-state index contributed by atoms with van der Waals surface area (Å²) in [5.74, 6) is -0.874. The van der Waals surface area contributed by atoms with Crippen molar-refractivity contribution < 1.29 is 17.6 Å². The van der Waals surface area contributed by atoms with Crippen molar-refractivity contribution in [2.24, 2.45) is 0 Å². The molecule has 1 heterocycles. The lowest BCUT2D eigenvalue weighted by atomic mass is 10.2. The van der Waals surface area contributed by atoms with Crippen molar-refractivity contribution >= 4 is 27.1 Å². The van der Waals surface area contributed by atoms with Crippen LogP contribution in [0.1, 0.15) is 13.3 Å². The molecule has 0 atom stereocenters. The van der Waals surface area contributed by atoms with Crippen molar-refractivity contribution in [2.75, 3.05) is 36.4 Å². The van der Waals surface area contributed by atoms with E-state index >= 15 is 0 Å². The predicted molar refractivity (Wildman–Crippen MR) is 102 cm³/mol. The fourth-order valence-electron chi connectivity index (χ4n) is 3.08. The fraction of sp³-hybridized carbons (Fsp3) is 0.316. The predicted octanol–water partition coefficient (Wildman–Crippen LogP) is 2.42. The minimum Gasteiger partial charge on any atom is -0.370 e. The van der Waals surface area contributed by atoms with Gasteiger partial charge in [0.05, 0.1) is 15.5 Å². The Morgan fingerprint density at radius 2 is 1.85 bits per heavy atom. The molecule has 0 bridgehead atoms. The number of hydrogen-bond donors (Lipinski definition) is 2. The average molecular weight is 391 g/mol. The van der Waals surface area contributed by atoms with Crippen LogP contribution in [-0.4, -0.2) is 40.5 Å². The average Bonchev–Trinajstić information content (AvgIpc) is 2.91. The maximum absolute atomic E-state index is 13.2. The van der Waals surface area contributed by atoms with Crippen molar-refractivity contribution in [3.8, 4) is 0 Å². The maximum Gasteiger partial charge on any atom is 0.221 e. The first-order valence-corrected chi connectivity index (χ1v) is 10.2. The molecular weight excluding hydrogens is 369 g/mol. The zero-order valence-electron chi connectivity index (χ0n) is 15.0. The van der Waals surface area contributed by atoms with Crippen LogP contribution < -0.4 is 15.5 Å². The van der Waals surface area contributed by atoms with Gasteiger partial charge in [-0.25, -0.2) is 12.8 Å². The van der Waals surface area contributed by atoms with Crippen molar-refractivity contribution in [3.63, 3.8) is 0 Å². The molecule has 1 fully saturated rings. The van der Waals surface area contributed by atoms with Gasteiger partial charge in [-0.15, -0.1) is 0 Å². The van der Waals surface area contributed by atoms with Crippen LogP contribution in [0.5, 0.6) is 0 Å². The Kier molecular flexibility index (Phi) is 5.76. The Hall–Kier alpha value is -2.45. The minimum atomic E-state index is -3.90. The molecule has 0 unspecified atom stereocenters. The first-order valence-electron chi connectivity index (χ1n) is 8.76. The second kappa shape index (κ2) is 8.06. The van der Waals surface area contributed by atoms with Crippen LogP contribution in [0.4, 0.5) is 15.8 Å². The molecule has 2 N–H and O–H groups in total. The summed E-state index contributed by atoms with van der Waals surface area (Å²) in [4.78, 5) is 13.8. The lowest BCUT2D eigenvalue weighted by Crippen LogP contribution is -2.28. The highest BCUT2D eigenvalue weighted by atomic mass is 32.2. The van der Waals surface area contributed by atoms with E-state index in [1.807, 2.05) is 0 Å². The van der Waals surface area contributed by atoms with E-state index in [-0.39, 0.29) is 21.4 Å². The molecule has 3 rings (SSSR count). The summed E-state index contributed by atoms with van der Waals surface area (Å²) in [6.07, 6.45) is 0.977. The molecule has 1 amide bonds. The Morgan fingerprint density at radius 3 is 2.56 bits per heavy atom. The number of hydrogen-bond acceptors (Lipinski definition) is 5. The third-order valence-electron chi connectivity index (χ3n) is 4.39. The highest BCUT2D eigenvalue weighted by Crippen LogP contribution is 2.32. The SMILES string of the molecule is CC(=O)Nc1cc(N2CCCNCC2)ccc1S(=O)(=O)c1ccc(F)cc1. The minimum absolute atomic E-state index is 0.0130. The van der Waals surface area contributed by atoms with Gasteiger partial charge in [0.15, 0.2) is 0 Å². The van der Waals surface area contributed by atoms with E-state index in [4.69, 9.17) is 0 Å². The maximum atomic E-state index is 13.2. The lowest BCUT2D eigenvalue weighted by Gasteiger charge is -2.24. The van der Waals surface area contributed by atoms with Crippen molar-refractivity contribution in [1.29, 1.82) is 0 Å². The molecule has 1 saturated heterocycles. The van der Waals surface area contributed by atoms with Crippen molar-refractivity contribution in [2.45, 2.75) is 23.1 Å². The number of benzene rings is 2. The number of anilines is 2. The topological polar surface area (TPSA) is 78.5 Å². The first kappa shape index (κ1) is 19.3. The smallest absolute Gasteiger partial charge is 0.221 e. The van der Waals surface area contributed by atoms with Crippen LogP contribution in [0, 0.1) is 5.82 Å². The molecule has 0 radical (unpaired) electrons. The van der Waals surface area contributed by atoms with E-state index in [1.165, 1.54) is 25.1 Å². The Morgan fingerprint density at radius 1 is 1.11 bits per heavy atom. The van der Waals surface area contributed by atoms with E-state index in [0.29, 0.717) is 0 Å². The first-order chi connectivity index (χ1) is 12.9. The van der Waals surface area contributed by atoms with Crippen LogP contribution in [0.25, 0.3) is 0 Å². The number of nitrogens with zero attached hydrogens (tertiary/aromatic N) is 1. The lowest BCUT2D eigenvalue weighted by molar-refractivity contribution is -0.114. The molecule has 144 valence electrons. The molecule has 0 aromatic heterocycles. The molecule has 27 heavy (non-hydrogen) atoms. The fourth-order valence-corrected chi connectivity index (χ4v) is 4.48. The van der Waals surface area contributed by atoms with Gasteiger partial charge in [-0.2, -0.15) is 0 Å². The monoisotopic (exact) mass is 391 g/mol. The molecule has 0 saturated carbocycles. The molecule has 2 aromatic rings. The van der Waals surface area contributed by atoms with Gasteiger partial charge in [0, 0.05) is 32.2 Å². The van der Waals surface area contributed by atoms with Gasteiger partial charge in [-0.05, 0) is 55.4 Å². The number of amides is 1. The van der Waals surface area contributed by atoms with Crippen LogP contribution >= 0.6 is 0 Å². The molecule has 1 aliphatic heterocycles. The van der Waals surface area contributed by atoms with E-state index in [9.17, 15) is 17.6 Å². The molecular formula is C19H22FN3O3S. The number of carbonyl (C=O) groups is 1. The van der Waals surface area contributed by atoms with E-state index in [2.05, 4.69) is 15.5 Å². The van der Waals surface area contributed by atoms with Crippen LogP contribution in [0.15, 0.2) is 52.3 Å². The van der Waals surface area contributed by atoms with Crippen molar-refractivity contribution in [1.82, 2.24) is 5.32 Å². The van der Waals surface area contributed by atoms with Crippen LogP contribution in [-0.2, 0) is 14.6 Å². The van der Waals surface area contributed by atoms with Gasteiger partial charge in [0.2, 0.25) is 15.7 Å². The number of sulfone groups is 1. The zero-order chi connectivity index (χ0) is 19.4. The number of nitrogens with one attached hydrogen (secondary N) is 2. The Bertz CT molecular complexity index is 922. The van der Waals surface area contributed by atoms with Gasteiger partial charge < -0.3 is 15.5 Å². The highest BCUT2D eigenvalue weighted by molar-refractivity contribution is 7.91. The third-order valence-corrected chi connectivity index (χ3v) is 6.22. The quantitative estimate of drug-likeness (QED) is 0.783. The summed E-state index contributed by atoms with van der Waals surface area (Å²) >= 11 is 0. The number of carbonyl (C=O) groups excluding carboxylic acids is 1. The largest absolute Gasteiger partial charge is 0.370 e. The molecule has 8 heteroatoms. The Balaban J connectivity index is 2.03. The Labute approximate surface area is 158 Å². The van der Waals surface area contributed by atoms with Crippen LogP contribution in [0.3, 0.4) is 0 Å². The van der Waals surface area contributed by atoms with E-state index in [0.717, 1.165) is 50.4 Å². The highest BCUT2D eigenvalue weighted by Gasteiger charge is 2.23. The van der Waals surface area contributed by atoms with E-state index < -0.39 is 15.7 Å². The summed E-state index contributed by atoms with van der Waals surface area (Å²) in [5, 5.41) is 5.94. The summed E-state index contributed by atoms with van der Waals surface area (Å²) in [5.41, 5.74) is 1.07. The van der Waals surface area contributed by atoms with Crippen molar-refractivity contribution in [3.05, 3.63) is 48.3 Å². The summed E-state index contributed by atoms with van der Waals surface area (Å²) < 4.78 is 39.1. The molecule has 2 aromatic carbocycles. The normalized spacial score (nSPS) is 15.3. The van der Waals surface area contributed by atoms with Gasteiger partial charge in [0.25, 0.3) is 0 Å². The second-order valence-electron chi connectivity index (χ2n) is 6.41. The molecule has 6 nitrogen and oxygen atoms in total. The molecule has 0 spiro atoms. The van der Waals surface area contributed by atoms with Crippen LogP contribution in [0.2, 0.25) is 0 Å². The summed E-state index contributed by atoms with van der Waals surface area (Å²) in [6.45, 7) is 4.74. The number of rotatable bonds is 4. The van der Waals surface area contributed by atoms with Gasteiger partial charge >= 0.3 is 0 Å². The van der Waals surface area contributed by atoms with E-state index in [1.54, 1.807) is 12.1 Å². The standard InChI is InChI=1S/C19H22FN3O3S/c1-14(24)22-18-13-16(23-11-2-9-21-10-12-23)5-8-19(18)27(25,26)17-6-3-15(20)4-7-17/h3-8,13,21H,2,9-12H2,1H3,(H,22,24). The molecule has 1 aliphatic rings. The third kappa shape index (κ3) is 4.45. The second-order valence-corrected chi connectivity index (χ2v) is 8.33. The zero-order valence-corrected chi connectivity index (χ0v) is 15.9. The molecule has 0 aliphatic carbocycles. The van der Waals surface area contributed by atoms with Gasteiger partial charge in [-0.1, -0.05) is 0 Å². The van der Waals surface area contributed by atoms with Gasteiger partial charge in [0.1, 0.15) is 5.82 Å².